The molecular formula is C21H16Cl2O2. The van der Waals surface area contributed by atoms with Crippen molar-refractivity contribution in [1.29, 1.82) is 0 Å². The van der Waals surface area contributed by atoms with Crippen LogP contribution in [0.25, 0.3) is 0 Å². The minimum Gasteiger partial charge on any atom is -0.295 e. The van der Waals surface area contributed by atoms with Gasteiger partial charge in [0.15, 0.2) is 11.6 Å². The fourth-order valence-electron chi connectivity index (χ4n) is 2.10. The Kier molecular flexibility index (Phi) is 6.93. The summed E-state index contributed by atoms with van der Waals surface area (Å²) in [6.45, 7) is 1.56. The molecule has 3 aromatic rings. The van der Waals surface area contributed by atoms with Crippen LogP contribution in [0.4, 0.5) is 0 Å². The molecule has 0 aliphatic rings. The van der Waals surface area contributed by atoms with Crippen LogP contribution in [0.2, 0.25) is 10.0 Å². The van der Waals surface area contributed by atoms with Crippen LogP contribution in [0.1, 0.15) is 33.2 Å². The minimum atomic E-state index is -0.117. The van der Waals surface area contributed by atoms with Crippen molar-refractivity contribution in [3.8, 4) is 0 Å². The fourth-order valence-corrected chi connectivity index (χ4v) is 2.48. The molecule has 25 heavy (non-hydrogen) atoms. The molecule has 3 aromatic carbocycles. The topological polar surface area (TPSA) is 34.1 Å². The second kappa shape index (κ2) is 9.16. The lowest BCUT2D eigenvalue weighted by Gasteiger charge is -2.04. The SMILES string of the molecule is CC(=O)c1ccccc1.O=C(c1ccccc1)c1cccc(Cl)c1Cl. The summed E-state index contributed by atoms with van der Waals surface area (Å²) in [6.07, 6.45) is 0. The van der Waals surface area contributed by atoms with E-state index in [0.717, 1.165) is 5.56 Å². The highest BCUT2D eigenvalue weighted by Crippen LogP contribution is 2.27. The van der Waals surface area contributed by atoms with E-state index >= 15 is 0 Å². The quantitative estimate of drug-likeness (QED) is 0.520. The van der Waals surface area contributed by atoms with Crippen LogP contribution in [0.15, 0.2) is 78.9 Å². The number of hydrogen-bond donors (Lipinski definition) is 0. The normalized spacial score (nSPS) is 9.72. The molecule has 0 aromatic heterocycles. The molecule has 0 radical (unpaired) electrons. The third kappa shape index (κ3) is 5.28. The zero-order chi connectivity index (χ0) is 18.2. The lowest BCUT2D eigenvalue weighted by atomic mass is 10.0. The second-order valence-corrected chi connectivity index (χ2v) is 6.00. The highest BCUT2D eigenvalue weighted by atomic mass is 35.5. The molecule has 0 fully saturated rings. The molecular weight excluding hydrogens is 355 g/mol. The summed E-state index contributed by atoms with van der Waals surface area (Å²) < 4.78 is 0. The predicted molar refractivity (Wildman–Crippen MR) is 103 cm³/mol. The first-order valence-electron chi connectivity index (χ1n) is 7.60. The summed E-state index contributed by atoms with van der Waals surface area (Å²) in [5.41, 5.74) is 1.81. The van der Waals surface area contributed by atoms with E-state index in [9.17, 15) is 9.59 Å². The monoisotopic (exact) mass is 370 g/mol. The third-order valence-corrected chi connectivity index (χ3v) is 4.23. The number of rotatable bonds is 3. The van der Waals surface area contributed by atoms with Gasteiger partial charge in [-0.2, -0.15) is 0 Å². The van der Waals surface area contributed by atoms with Gasteiger partial charge in [-0.05, 0) is 19.1 Å². The van der Waals surface area contributed by atoms with E-state index in [-0.39, 0.29) is 11.6 Å². The van der Waals surface area contributed by atoms with Crippen LogP contribution < -0.4 is 0 Å². The zero-order valence-corrected chi connectivity index (χ0v) is 15.1. The summed E-state index contributed by atoms with van der Waals surface area (Å²) >= 11 is 11.8. The summed E-state index contributed by atoms with van der Waals surface area (Å²) in [6, 6.07) is 23.2. The van der Waals surface area contributed by atoms with Gasteiger partial charge in [-0.3, -0.25) is 9.59 Å². The third-order valence-electron chi connectivity index (χ3n) is 3.41. The highest BCUT2D eigenvalue weighted by Gasteiger charge is 2.13. The molecule has 2 nitrogen and oxygen atoms in total. The molecule has 0 aliphatic carbocycles. The van der Waals surface area contributed by atoms with Crippen molar-refractivity contribution in [2.45, 2.75) is 6.92 Å². The molecule has 126 valence electrons. The van der Waals surface area contributed by atoms with Gasteiger partial charge in [0.25, 0.3) is 0 Å². The lowest BCUT2D eigenvalue weighted by molar-refractivity contribution is 0.101. The van der Waals surface area contributed by atoms with E-state index in [1.165, 1.54) is 0 Å². The number of benzene rings is 3. The Morgan fingerprint density at radius 1 is 0.680 bits per heavy atom. The number of hydrogen-bond acceptors (Lipinski definition) is 2. The summed E-state index contributed by atoms with van der Waals surface area (Å²) in [5, 5.41) is 0.696. The van der Waals surface area contributed by atoms with Crippen molar-refractivity contribution >= 4 is 34.8 Å². The van der Waals surface area contributed by atoms with Gasteiger partial charge in [-0.25, -0.2) is 0 Å². The molecule has 4 heteroatoms. The van der Waals surface area contributed by atoms with Crippen molar-refractivity contribution in [1.82, 2.24) is 0 Å². The molecule has 0 heterocycles. The molecule has 0 saturated carbocycles. The second-order valence-electron chi connectivity index (χ2n) is 5.22. The Bertz CT molecular complexity index is 860. The van der Waals surface area contributed by atoms with Gasteiger partial charge in [0.1, 0.15) is 0 Å². The molecule has 0 unspecified atom stereocenters. The van der Waals surface area contributed by atoms with Gasteiger partial charge in [0, 0.05) is 16.7 Å². The van der Waals surface area contributed by atoms with Gasteiger partial charge in [-0.1, -0.05) is 89.9 Å². The maximum atomic E-state index is 12.1. The number of Topliss-reactive ketones (excluding diaryl/α,β-unsaturated/α-hetero) is 1. The molecule has 0 spiro atoms. The zero-order valence-electron chi connectivity index (χ0n) is 13.6. The molecule has 0 atom stereocenters. The van der Waals surface area contributed by atoms with Gasteiger partial charge >= 0.3 is 0 Å². The van der Waals surface area contributed by atoms with E-state index in [1.807, 2.05) is 48.5 Å². The smallest absolute Gasteiger partial charge is 0.194 e. The van der Waals surface area contributed by atoms with Crippen LogP contribution in [0, 0.1) is 0 Å². The maximum absolute atomic E-state index is 12.1. The number of ketones is 2. The number of halogens is 2. The van der Waals surface area contributed by atoms with Crippen molar-refractivity contribution in [3.05, 3.63) is 106 Å². The van der Waals surface area contributed by atoms with E-state index in [2.05, 4.69) is 0 Å². The molecule has 0 saturated heterocycles. The number of carbonyl (C=O) groups is 2. The summed E-state index contributed by atoms with van der Waals surface area (Å²) in [7, 11) is 0. The van der Waals surface area contributed by atoms with Gasteiger partial charge in [-0.15, -0.1) is 0 Å². The summed E-state index contributed by atoms with van der Waals surface area (Å²) in [5.74, 6) is 0.00343. The molecule has 0 N–H and O–H groups in total. The van der Waals surface area contributed by atoms with Crippen molar-refractivity contribution in [3.63, 3.8) is 0 Å². The van der Waals surface area contributed by atoms with Gasteiger partial charge in [0.05, 0.1) is 10.0 Å². The van der Waals surface area contributed by atoms with Crippen LogP contribution in [0.5, 0.6) is 0 Å². The lowest BCUT2D eigenvalue weighted by Crippen LogP contribution is -2.01. The highest BCUT2D eigenvalue weighted by molar-refractivity contribution is 6.44. The summed E-state index contributed by atoms with van der Waals surface area (Å²) in [4.78, 5) is 22.7. The Balaban J connectivity index is 0.000000212. The first kappa shape index (κ1) is 18.9. The van der Waals surface area contributed by atoms with E-state index < -0.39 is 0 Å². The van der Waals surface area contributed by atoms with Gasteiger partial charge in [0.2, 0.25) is 0 Å². The molecule has 0 aliphatic heterocycles. The number of carbonyl (C=O) groups excluding carboxylic acids is 2. The van der Waals surface area contributed by atoms with Crippen LogP contribution in [0.3, 0.4) is 0 Å². The molecule has 0 amide bonds. The first-order valence-corrected chi connectivity index (χ1v) is 8.36. The van der Waals surface area contributed by atoms with E-state index in [4.69, 9.17) is 23.2 Å². The molecule has 0 bridgehead atoms. The van der Waals surface area contributed by atoms with Gasteiger partial charge < -0.3 is 0 Å². The van der Waals surface area contributed by atoms with Crippen molar-refractivity contribution < 1.29 is 9.59 Å². The standard InChI is InChI=1S/C13H8Cl2O.C8H8O/c14-11-8-4-7-10(12(11)15)13(16)9-5-2-1-3-6-9;1-7(9)8-5-3-2-4-6-8/h1-8H;2-6H,1H3. The average Bonchev–Trinajstić information content (AvgIpc) is 2.65. The minimum absolute atomic E-state index is 0.117. The Labute approximate surface area is 157 Å². The predicted octanol–water partition coefficient (Wildman–Crippen LogP) is 6.11. The average molecular weight is 371 g/mol. The molecule has 3 rings (SSSR count). The largest absolute Gasteiger partial charge is 0.295 e. The Morgan fingerprint density at radius 2 is 1.20 bits per heavy atom. The van der Waals surface area contributed by atoms with Crippen LogP contribution in [-0.2, 0) is 0 Å². The fraction of sp³-hybridized carbons (Fsp3) is 0.0476. The van der Waals surface area contributed by atoms with Crippen molar-refractivity contribution in [2.24, 2.45) is 0 Å². The first-order chi connectivity index (χ1) is 12.0. The Hall–Kier alpha value is -2.42. The maximum Gasteiger partial charge on any atom is 0.194 e. The van der Waals surface area contributed by atoms with Crippen LogP contribution >= 0.6 is 23.2 Å². The Morgan fingerprint density at radius 3 is 1.68 bits per heavy atom. The van der Waals surface area contributed by atoms with E-state index in [0.29, 0.717) is 21.2 Å². The van der Waals surface area contributed by atoms with Crippen molar-refractivity contribution in [2.75, 3.05) is 0 Å². The van der Waals surface area contributed by atoms with Crippen LogP contribution in [-0.4, -0.2) is 11.6 Å². The van der Waals surface area contributed by atoms with E-state index in [1.54, 1.807) is 37.3 Å².